The van der Waals surface area contributed by atoms with Crippen LogP contribution in [0.2, 0.25) is 0 Å². The molecule has 0 atom stereocenters. The van der Waals surface area contributed by atoms with Crippen LogP contribution in [-0.4, -0.2) is 33.8 Å². The molecule has 4 rings (SSSR count). The van der Waals surface area contributed by atoms with Crippen LogP contribution in [0.15, 0.2) is 42.5 Å². The van der Waals surface area contributed by atoms with Crippen LogP contribution in [0, 0.1) is 12.7 Å². The van der Waals surface area contributed by atoms with Crippen LogP contribution in [0.25, 0.3) is 16.9 Å². The second kappa shape index (κ2) is 8.59. The highest BCUT2D eigenvalue weighted by atomic mass is 19.1. The van der Waals surface area contributed by atoms with E-state index in [2.05, 4.69) is 15.4 Å². The molecule has 0 aliphatic heterocycles. The molecule has 4 aromatic rings. The molecule has 0 unspecified atom stereocenters. The number of ether oxygens (including phenoxy) is 2. The SMILES string of the molecule is CCc1nc2c(C)c(-c3cccc(F)c3)nc(NCc3ccc(OC)cc3OC)n2n1. The Morgan fingerprint density at radius 3 is 2.61 bits per heavy atom. The van der Waals surface area contributed by atoms with E-state index in [1.165, 1.54) is 12.1 Å². The average molecular weight is 421 g/mol. The lowest BCUT2D eigenvalue weighted by atomic mass is 10.1. The van der Waals surface area contributed by atoms with Crippen LogP contribution < -0.4 is 14.8 Å². The fourth-order valence-corrected chi connectivity index (χ4v) is 3.44. The number of aryl methyl sites for hydroxylation is 2. The predicted octanol–water partition coefficient (Wildman–Crippen LogP) is 4.43. The first kappa shape index (κ1) is 20.6. The van der Waals surface area contributed by atoms with Crippen molar-refractivity contribution in [1.82, 2.24) is 19.6 Å². The molecule has 0 saturated heterocycles. The monoisotopic (exact) mass is 421 g/mol. The quantitative estimate of drug-likeness (QED) is 0.476. The number of hydrogen-bond acceptors (Lipinski definition) is 6. The molecule has 7 nitrogen and oxygen atoms in total. The maximum Gasteiger partial charge on any atom is 0.226 e. The average Bonchev–Trinajstić information content (AvgIpc) is 3.24. The second-order valence-electron chi connectivity index (χ2n) is 7.07. The molecule has 8 heteroatoms. The zero-order chi connectivity index (χ0) is 22.0. The van der Waals surface area contributed by atoms with Gasteiger partial charge in [-0.2, -0.15) is 4.52 Å². The van der Waals surface area contributed by atoms with Gasteiger partial charge in [0.25, 0.3) is 0 Å². The first-order chi connectivity index (χ1) is 15.0. The van der Waals surface area contributed by atoms with Crippen LogP contribution in [-0.2, 0) is 13.0 Å². The van der Waals surface area contributed by atoms with Gasteiger partial charge in [0, 0.05) is 35.7 Å². The third kappa shape index (κ3) is 4.01. The number of methoxy groups -OCH3 is 2. The fourth-order valence-electron chi connectivity index (χ4n) is 3.44. The Balaban J connectivity index is 1.78. The van der Waals surface area contributed by atoms with Gasteiger partial charge in [-0.25, -0.2) is 14.4 Å². The van der Waals surface area contributed by atoms with Gasteiger partial charge in [-0.15, -0.1) is 5.10 Å². The van der Waals surface area contributed by atoms with Crippen molar-refractivity contribution in [3.05, 3.63) is 65.2 Å². The number of rotatable bonds is 7. The second-order valence-corrected chi connectivity index (χ2v) is 7.07. The van der Waals surface area contributed by atoms with Crippen molar-refractivity contribution >= 4 is 11.6 Å². The molecular formula is C23H24FN5O2. The van der Waals surface area contributed by atoms with E-state index in [-0.39, 0.29) is 5.82 Å². The van der Waals surface area contributed by atoms with E-state index in [1.54, 1.807) is 24.8 Å². The third-order valence-electron chi connectivity index (χ3n) is 5.11. The standard InChI is InChI=1S/C23H24FN5O2/c1-5-20-26-22-14(2)21(15-7-6-8-17(24)11-15)27-23(29(22)28-20)25-13-16-9-10-18(30-3)12-19(16)31-4/h6-12H,5,13H2,1-4H3,(H,25,27). The molecule has 0 spiro atoms. The van der Waals surface area contributed by atoms with Crippen LogP contribution in [0.1, 0.15) is 23.9 Å². The maximum absolute atomic E-state index is 13.9. The summed E-state index contributed by atoms with van der Waals surface area (Å²) in [5.74, 6) is 2.34. The highest BCUT2D eigenvalue weighted by Gasteiger charge is 2.17. The zero-order valence-corrected chi connectivity index (χ0v) is 17.9. The van der Waals surface area contributed by atoms with Crippen LogP contribution >= 0.6 is 0 Å². The number of nitrogens with one attached hydrogen (secondary N) is 1. The Morgan fingerprint density at radius 2 is 1.90 bits per heavy atom. The van der Waals surface area contributed by atoms with Gasteiger partial charge in [0.15, 0.2) is 11.5 Å². The first-order valence-electron chi connectivity index (χ1n) is 10.0. The Kier molecular flexibility index (Phi) is 5.70. The summed E-state index contributed by atoms with van der Waals surface area (Å²) >= 11 is 0. The molecule has 31 heavy (non-hydrogen) atoms. The molecule has 0 radical (unpaired) electrons. The number of aromatic nitrogens is 4. The van der Waals surface area contributed by atoms with Crippen molar-refractivity contribution in [2.45, 2.75) is 26.8 Å². The Bertz CT molecular complexity index is 1240. The molecule has 0 aliphatic rings. The number of benzene rings is 2. The van der Waals surface area contributed by atoms with E-state index in [9.17, 15) is 4.39 Å². The molecular weight excluding hydrogens is 397 g/mol. The molecule has 160 valence electrons. The fraction of sp³-hybridized carbons (Fsp3) is 0.261. The molecule has 2 heterocycles. The smallest absolute Gasteiger partial charge is 0.226 e. The van der Waals surface area contributed by atoms with Crippen molar-refractivity contribution < 1.29 is 13.9 Å². The van der Waals surface area contributed by atoms with Gasteiger partial charge in [-0.3, -0.25) is 0 Å². The van der Waals surface area contributed by atoms with E-state index >= 15 is 0 Å². The van der Waals surface area contributed by atoms with E-state index in [4.69, 9.17) is 14.5 Å². The van der Waals surface area contributed by atoms with E-state index in [0.29, 0.717) is 53.1 Å². The molecule has 2 aromatic heterocycles. The minimum atomic E-state index is -0.313. The number of nitrogens with zero attached hydrogens (tertiary/aromatic N) is 4. The summed E-state index contributed by atoms with van der Waals surface area (Å²) in [5.41, 5.74) is 3.81. The predicted molar refractivity (Wildman–Crippen MR) is 117 cm³/mol. The summed E-state index contributed by atoms with van der Waals surface area (Å²) in [6.07, 6.45) is 0.697. The van der Waals surface area contributed by atoms with Crippen molar-refractivity contribution in [3.63, 3.8) is 0 Å². The Hall–Kier alpha value is -3.68. The van der Waals surface area contributed by atoms with Crippen molar-refractivity contribution in [2.75, 3.05) is 19.5 Å². The molecule has 1 N–H and O–H groups in total. The summed E-state index contributed by atoms with van der Waals surface area (Å²) in [6.45, 7) is 4.37. The summed E-state index contributed by atoms with van der Waals surface area (Å²) in [6, 6.07) is 12.0. The van der Waals surface area contributed by atoms with Crippen LogP contribution in [0.3, 0.4) is 0 Å². The minimum Gasteiger partial charge on any atom is -0.497 e. The Labute approximate surface area is 179 Å². The lowest BCUT2D eigenvalue weighted by Gasteiger charge is -2.14. The maximum atomic E-state index is 13.9. The normalized spacial score (nSPS) is 11.0. The van der Waals surface area contributed by atoms with Gasteiger partial charge >= 0.3 is 0 Å². The molecule has 0 saturated carbocycles. The van der Waals surface area contributed by atoms with Gasteiger partial charge in [0.05, 0.1) is 19.9 Å². The number of anilines is 1. The molecule has 0 amide bonds. The lowest BCUT2D eigenvalue weighted by Crippen LogP contribution is -2.10. The number of fused-ring (bicyclic) bond motifs is 1. The van der Waals surface area contributed by atoms with E-state index in [1.807, 2.05) is 38.1 Å². The highest BCUT2D eigenvalue weighted by molar-refractivity contribution is 5.71. The minimum absolute atomic E-state index is 0.313. The summed E-state index contributed by atoms with van der Waals surface area (Å²) in [4.78, 5) is 9.43. The largest absolute Gasteiger partial charge is 0.497 e. The highest BCUT2D eigenvalue weighted by Crippen LogP contribution is 2.28. The van der Waals surface area contributed by atoms with Gasteiger partial charge in [0.1, 0.15) is 17.3 Å². The number of halogens is 1. The van der Waals surface area contributed by atoms with Crippen molar-refractivity contribution in [1.29, 1.82) is 0 Å². The summed E-state index contributed by atoms with van der Waals surface area (Å²) in [7, 11) is 3.23. The molecule has 0 aliphatic carbocycles. The molecule has 2 aromatic carbocycles. The lowest BCUT2D eigenvalue weighted by molar-refractivity contribution is 0.391. The molecule has 0 fully saturated rings. The summed E-state index contributed by atoms with van der Waals surface area (Å²) in [5, 5.41) is 7.92. The first-order valence-corrected chi connectivity index (χ1v) is 10.0. The van der Waals surface area contributed by atoms with E-state index < -0.39 is 0 Å². The third-order valence-corrected chi connectivity index (χ3v) is 5.11. The number of hydrogen-bond donors (Lipinski definition) is 1. The topological polar surface area (TPSA) is 73.6 Å². The van der Waals surface area contributed by atoms with E-state index in [0.717, 1.165) is 11.1 Å². The van der Waals surface area contributed by atoms with Gasteiger partial charge in [-0.05, 0) is 31.2 Å². The van der Waals surface area contributed by atoms with Gasteiger partial charge in [-0.1, -0.05) is 19.1 Å². The summed E-state index contributed by atoms with van der Waals surface area (Å²) < 4.78 is 26.3. The molecule has 0 bridgehead atoms. The van der Waals surface area contributed by atoms with Crippen molar-refractivity contribution in [2.24, 2.45) is 0 Å². The van der Waals surface area contributed by atoms with Crippen molar-refractivity contribution in [3.8, 4) is 22.8 Å². The van der Waals surface area contributed by atoms with Gasteiger partial charge < -0.3 is 14.8 Å². The van der Waals surface area contributed by atoms with Gasteiger partial charge in [0.2, 0.25) is 5.95 Å². The van der Waals surface area contributed by atoms with Crippen LogP contribution in [0.4, 0.5) is 10.3 Å². The zero-order valence-electron chi connectivity index (χ0n) is 17.9. The van der Waals surface area contributed by atoms with Crippen LogP contribution in [0.5, 0.6) is 11.5 Å². The Morgan fingerprint density at radius 1 is 1.06 bits per heavy atom.